The number of fused-ring (bicyclic) bond motifs is 1. The zero-order valence-electron chi connectivity index (χ0n) is 15.6. The molecule has 4 aromatic rings. The molecule has 0 aliphatic heterocycles. The molecule has 3 aromatic heterocycles. The van der Waals surface area contributed by atoms with E-state index in [2.05, 4.69) is 25.6 Å². The summed E-state index contributed by atoms with van der Waals surface area (Å²) < 4.78 is 0. The van der Waals surface area contributed by atoms with E-state index in [1.807, 2.05) is 67.8 Å². The minimum absolute atomic E-state index is 0.0707. The van der Waals surface area contributed by atoms with Gasteiger partial charge >= 0.3 is 0 Å². The number of H-pyrrole nitrogens is 1. The van der Waals surface area contributed by atoms with E-state index < -0.39 is 0 Å². The van der Waals surface area contributed by atoms with Crippen LogP contribution in [0.5, 0.6) is 0 Å². The van der Waals surface area contributed by atoms with Crippen molar-refractivity contribution in [3.05, 3.63) is 78.2 Å². The van der Waals surface area contributed by atoms with Gasteiger partial charge in [-0.15, -0.1) is 0 Å². The zero-order valence-corrected chi connectivity index (χ0v) is 15.6. The van der Waals surface area contributed by atoms with Gasteiger partial charge < -0.3 is 15.6 Å². The van der Waals surface area contributed by atoms with E-state index in [0.717, 1.165) is 33.5 Å². The van der Waals surface area contributed by atoms with Gasteiger partial charge in [-0.05, 0) is 53.9 Å². The second-order valence-electron chi connectivity index (χ2n) is 6.45. The average molecular weight is 371 g/mol. The standard InChI is InChI=1S/C22H21N5O/c1-2-24-22(28)17-7-3-6-16(11-17)19-12-20(27-21-18(19)8-10-25-21)26-14-15-5-4-9-23-13-15/h3-13H,2,14H2,1H3,(H,24,28)(H2,25,26,27). The molecule has 0 saturated heterocycles. The summed E-state index contributed by atoms with van der Waals surface area (Å²) in [5.41, 5.74) is 4.52. The van der Waals surface area contributed by atoms with Gasteiger partial charge in [-0.3, -0.25) is 9.78 Å². The van der Waals surface area contributed by atoms with Crippen molar-refractivity contribution in [3.63, 3.8) is 0 Å². The fourth-order valence-electron chi connectivity index (χ4n) is 3.15. The molecule has 0 unspecified atom stereocenters. The van der Waals surface area contributed by atoms with Gasteiger partial charge in [-0.25, -0.2) is 4.98 Å². The molecule has 4 rings (SSSR count). The van der Waals surface area contributed by atoms with E-state index in [0.29, 0.717) is 18.7 Å². The molecule has 6 heteroatoms. The highest BCUT2D eigenvalue weighted by Gasteiger charge is 2.11. The molecule has 3 heterocycles. The zero-order chi connectivity index (χ0) is 19.3. The van der Waals surface area contributed by atoms with Gasteiger partial charge in [-0.1, -0.05) is 18.2 Å². The Morgan fingerprint density at radius 2 is 2.07 bits per heavy atom. The number of pyridine rings is 2. The molecule has 28 heavy (non-hydrogen) atoms. The number of rotatable bonds is 6. The molecule has 1 amide bonds. The second-order valence-corrected chi connectivity index (χ2v) is 6.45. The van der Waals surface area contributed by atoms with E-state index in [4.69, 9.17) is 0 Å². The minimum Gasteiger partial charge on any atom is -0.366 e. The van der Waals surface area contributed by atoms with Crippen molar-refractivity contribution in [2.75, 3.05) is 11.9 Å². The first kappa shape index (κ1) is 17.7. The largest absolute Gasteiger partial charge is 0.366 e. The Hall–Kier alpha value is -3.67. The monoisotopic (exact) mass is 371 g/mol. The van der Waals surface area contributed by atoms with Gasteiger partial charge in [0.1, 0.15) is 11.5 Å². The molecule has 0 spiro atoms. The van der Waals surface area contributed by atoms with E-state index in [1.54, 1.807) is 6.20 Å². The number of nitrogens with zero attached hydrogens (tertiary/aromatic N) is 2. The fourth-order valence-corrected chi connectivity index (χ4v) is 3.15. The van der Waals surface area contributed by atoms with Crippen LogP contribution in [0.25, 0.3) is 22.2 Å². The molecule has 6 nitrogen and oxygen atoms in total. The maximum Gasteiger partial charge on any atom is 0.251 e. The van der Waals surface area contributed by atoms with Crippen molar-refractivity contribution < 1.29 is 4.79 Å². The highest BCUT2D eigenvalue weighted by atomic mass is 16.1. The van der Waals surface area contributed by atoms with Gasteiger partial charge in [0, 0.05) is 42.6 Å². The number of hydrogen-bond acceptors (Lipinski definition) is 4. The van der Waals surface area contributed by atoms with Crippen molar-refractivity contribution >= 4 is 22.8 Å². The first-order valence-corrected chi connectivity index (χ1v) is 9.24. The van der Waals surface area contributed by atoms with Gasteiger partial charge in [0.2, 0.25) is 0 Å². The molecule has 140 valence electrons. The van der Waals surface area contributed by atoms with Crippen molar-refractivity contribution in [2.45, 2.75) is 13.5 Å². The SMILES string of the molecule is CCNC(=O)c1cccc(-c2cc(NCc3cccnc3)nc3[nH]ccc23)c1. The molecule has 0 saturated carbocycles. The molecular weight excluding hydrogens is 350 g/mol. The van der Waals surface area contributed by atoms with Crippen LogP contribution in [0.2, 0.25) is 0 Å². The summed E-state index contributed by atoms with van der Waals surface area (Å²) in [6.45, 7) is 3.14. The van der Waals surface area contributed by atoms with Crippen molar-refractivity contribution in [1.82, 2.24) is 20.3 Å². The summed E-state index contributed by atoms with van der Waals surface area (Å²) in [6.07, 6.45) is 5.46. The van der Waals surface area contributed by atoms with Gasteiger partial charge in [0.25, 0.3) is 5.91 Å². The van der Waals surface area contributed by atoms with Crippen molar-refractivity contribution in [3.8, 4) is 11.1 Å². The lowest BCUT2D eigenvalue weighted by Gasteiger charge is -2.11. The molecule has 0 aliphatic rings. The number of aromatic nitrogens is 3. The highest BCUT2D eigenvalue weighted by Crippen LogP contribution is 2.30. The van der Waals surface area contributed by atoms with Gasteiger partial charge in [0.05, 0.1) is 0 Å². The number of benzene rings is 1. The highest BCUT2D eigenvalue weighted by molar-refractivity contribution is 5.99. The normalized spacial score (nSPS) is 10.8. The van der Waals surface area contributed by atoms with Crippen LogP contribution >= 0.6 is 0 Å². The predicted molar refractivity (Wildman–Crippen MR) is 111 cm³/mol. The Morgan fingerprint density at radius 1 is 1.14 bits per heavy atom. The van der Waals surface area contributed by atoms with E-state index >= 15 is 0 Å². The predicted octanol–water partition coefficient (Wildman–Crippen LogP) is 3.99. The van der Waals surface area contributed by atoms with E-state index in [1.165, 1.54) is 0 Å². The lowest BCUT2D eigenvalue weighted by atomic mass is 10.0. The smallest absolute Gasteiger partial charge is 0.251 e. The Bertz CT molecular complexity index is 1100. The van der Waals surface area contributed by atoms with Crippen LogP contribution in [-0.4, -0.2) is 27.4 Å². The lowest BCUT2D eigenvalue weighted by Crippen LogP contribution is -2.22. The molecule has 3 N–H and O–H groups in total. The molecule has 0 atom stereocenters. The Balaban J connectivity index is 1.69. The first-order valence-electron chi connectivity index (χ1n) is 9.24. The maximum absolute atomic E-state index is 12.2. The molecule has 1 aromatic carbocycles. The number of nitrogens with one attached hydrogen (secondary N) is 3. The minimum atomic E-state index is -0.0707. The lowest BCUT2D eigenvalue weighted by molar-refractivity contribution is 0.0956. The topological polar surface area (TPSA) is 82.7 Å². The third-order valence-electron chi connectivity index (χ3n) is 4.50. The number of carbonyl (C=O) groups excluding carboxylic acids is 1. The van der Waals surface area contributed by atoms with Gasteiger partial charge in [0.15, 0.2) is 0 Å². The Morgan fingerprint density at radius 3 is 2.89 bits per heavy atom. The van der Waals surface area contributed by atoms with Crippen LogP contribution in [0.4, 0.5) is 5.82 Å². The summed E-state index contributed by atoms with van der Waals surface area (Å²) in [4.78, 5) is 24.2. The number of carbonyl (C=O) groups is 1. The van der Waals surface area contributed by atoms with Gasteiger partial charge in [-0.2, -0.15) is 0 Å². The molecule has 0 bridgehead atoms. The Labute approximate surface area is 163 Å². The summed E-state index contributed by atoms with van der Waals surface area (Å²) in [5.74, 6) is 0.691. The number of anilines is 1. The summed E-state index contributed by atoms with van der Waals surface area (Å²) in [5, 5.41) is 7.22. The number of aromatic amines is 1. The van der Waals surface area contributed by atoms with Crippen molar-refractivity contribution in [2.24, 2.45) is 0 Å². The molecule has 0 fully saturated rings. The first-order chi connectivity index (χ1) is 13.7. The molecule has 0 aliphatic carbocycles. The quantitative estimate of drug-likeness (QED) is 0.479. The summed E-state index contributed by atoms with van der Waals surface area (Å²) in [7, 11) is 0. The third kappa shape index (κ3) is 3.71. The fraction of sp³-hybridized carbons (Fsp3) is 0.136. The van der Waals surface area contributed by atoms with Crippen LogP contribution < -0.4 is 10.6 Å². The Kier molecular flexibility index (Phi) is 5.01. The van der Waals surface area contributed by atoms with Crippen LogP contribution in [-0.2, 0) is 6.54 Å². The van der Waals surface area contributed by atoms with E-state index in [-0.39, 0.29) is 5.91 Å². The third-order valence-corrected chi connectivity index (χ3v) is 4.50. The molecule has 0 radical (unpaired) electrons. The summed E-state index contributed by atoms with van der Waals surface area (Å²) in [6, 6.07) is 15.6. The number of hydrogen-bond donors (Lipinski definition) is 3. The van der Waals surface area contributed by atoms with Crippen LogP contribution in [0, 0.1) is 0 Å². The van der Waals surface area contributed by atoms with Crippen LogP contribution in [0.1, 0.15) is 22.8 Å². The summed E-state index contributed by atoms with van der Waals surface area (Å²) >= 11 is 0. The van der Waals surface area contributed by atoms with Crippen LogP contribution in [0.3, 0.4) is 0 Å². The second kappa shape index (κ2) is 7.92. The van der Waals surface area contributed by atoms with Crippen molar-refractivity contribution in [1.29, 1.82) is 0 Å². The maximum atomic E-state index is 12.2. The number of amides is 1. The average Bonchev–Trinajstić information content (AvgIpc) is 3.21. The molecular formula is C22H21N5O. The van der Waals surface area contributed by atoms with E-state index in [9.17, 15) is 4.79 Å². The van der Waals surface area contributed by atoms with Crippen LogP contribution in [0.15, 0.2) is 67.1 Å².